The molecule has 32 heavy (non-hydrogen) atoms. The smallest absolute Gasteiger partial charge is 0.248 e. The molecule has 2 aliphatic rings. The lowest BCUT2D eigenvalue weighted by Crippen LogP contribution is -2.54. The van der Waals surface area contributed by atoms with Gasteiger partial charge in [-0.2, -0.15) is 11.3 Å². The van der Waals surface area contributed by atoms with Crippen molar-refractivity contribution in [3.05, 3.63) is 81.1 Å². The van der Waals surface area contributed by atoms with E-state index < -0.39 is 17.4 Å². The molecule has 2 atom stereocenters. The van der Waals surface area contributed by atoms with Crippen LogP contribution in [-0.2, 0) is 15.1 Å². The summed E-state index contributed by atoms with van der Waals surface area (Å²) < 4.78 is 7.36. The molecule has 1 saturated carbocycles. The number of ketones is 1. The van der Waals surface area contributed by atoms with Gasteiger partial charge in [-0.25, -0.2) is 4.98 Å². The maximum atomic E-state index is 13.6. The lowest BCUT2D eigenvalue weighted by atomic mass is 9.75. The van der Waals surface area contributed by atoms with E-state index in [0.717, 1.165) is 24.8 Å². The van der Waals surface area contributed by atoms with Gasteiger partial charge < -0.3 is 4.74 Å². The number of pyridine rings is 1. The second kappa shape index (κ2) is 8.54. The van der Waals surface area contributed by atoms with Gasteiger partial charge in [0.25, 0.3) is 0 Å². The molecule has 1 amide bonds. The van der Waals surface area contributed by atoms with Crippen LogP contribution in [0.4, 0.5) is 0 Å². The fourth-order valence-electron chi connectivity index (χ4n) is 4.33. The minimum absolute atomic E-state index is 0.0365. The number of thiophene rings is 1. The van der Waals surface area contributed by atoms with Crippen molar-refractivity contribution in [2.45, 2.75) is 43.2 Å². The second-order valence-corrected chi connectivity index (χ2v) is 9.74. The summed E-state index contributed by atoms with van der Waals surface area (Å²) in [6.07, 6.45) is 3.38. The lowest BCUT2D eigenvalue weighted by Gasteiger charge is -2.45. The first kappa shape index (κ1) is 21.5. The normalized spacial score (nSPS) is 23.8. The summed E-state index contributed by atoms with van der Waals surface area (Å²) >= 11 is 12.5. The zero-order valence-corrected chi connectivity index (χ0v) is 19.6. The molecular formula is C24H21ClN2O3S2. The van der Waals surface area contributed by atoms with Gasteiger partial charge in [0.2, 0.25) is 11.8 Å². The molecule has 164 valence electrons. The van der Waals surface area contributed by atoms with Gasteiger partial charge in [0.1, 0.15) is 17.6 Å². The number of carbonyl (C=O) groups is 2. The Balaban J connectivity index is 1.59. The van der Waals surface area contributed by atoms with Crippen LogP contribution in [-0.4, -0.2) is 27.1 Å². The Labute approximate surface area is 200 Å². The number of ether oxygens (including phenoxy) is 1. The Morgan fingerprint density at radius 2 is 1.94 bits per heavy atom. The van der Waals surface area contributed by atoms with Crippen LogP contribution >= 0.6 is 35.8 Å². The Bertz CT molecular complexity index is 1170. The molecule has 1 aromatic carbocycles. The average molecular weight is 485 g/mol. The highest BCUT2D eigenvalue weighted by Crippen LogP contribution is 2.48. The van der Waals surface area contributed by atoms with Gasteiger partial charge >= 0.3 is 0 Å². The molecule has 1 saturated heterocycles. The van der Waals surface area contributed by atoms with E-state index in [-0.39, 0.29) is 18.3 Å². The molecule has 0 N–H and O–H groups in total. The number of carbonyl (C=O) groups excluding carboxylic acids is 2. The number of amides is 1. The van der Waals surface area contributed by atoms with Gasteiger partial charge in [-0.15, -0.1) is 0 Å². The van der Waals surface area contributed by atoms with E-state index in [1.807, 2.05) is 35.0 Å². The van der Waals surface area contributed by atoms with Crippen molar-refractivity contribution in [3.63, 3.8) is 0 Å². The van der Waals surface area contributed by atoms with Gasteiger partial charge in [-0.1, -0.05) is 48.7 Å². The summed E-state index contributed by atoms with van der Waals surface area (Å²) in [6, 6.07) is 14.3. The Morgan fingerprint density at radius 3 is 2.62 bits per heavy atom. The number of benzene rings is 1. The number of rotatable bonds is 5. The molecule has 1 aliphatic heterocycles. The van der Waals surface area contributed by atoms with E-state index in [1.165, 1.54) is 15.6 Å². The lowest BCUT2D eigenvalue weighted by molar-refractivity contribution is -0.142. The number of hydrogen-bond acceptors (Lipinski definition) is 6. The highest BCUT2D eigenvalue weighted by Gasteiger charge is 2.53. The topological polar surface area (TPSA) is 59.5 Å². The summed E-state index contributed by atoms with van der Waals surface area (Å²) in [6.45, 7) is 0. The second-order valence-electron chi connectivity index (χ2n) is 8.15. The summed E-state index contributed by atoms with van der Waals surface area (Å²) in [7, 11) is 0. The predicted octanol–water partition coefficient (Wildman–Crippen LogP) is 5.40. The maximum absolute atomic E-state index is 13.6. The summed E-state index contributed by atoms with van der Waals surface area (Å²) in [5.74, 6) is -1.14. The number of aromatic nitrogens is 1. The minimum Gasteiger partial charge on any atom is -0.474 e. The Kier molecular flexibility index (Phi) is 5.73. The van der Waals surface area contributed by atoms with Crippen molar-refractivity contribution >= 4 is 47.4 Å². The standard InChI is InChI=1S/C24H21ClN2O3S2/c25-18-8-2-1-7-17(18)22-19(28)13-24(27(31)23(22)29,15-11-12-32-14-15)20-9-4-10-21(26-20)30-16-5-3-6-16/h1-2,4,7-12,14,16,22,31H,3,5-6,13H2. The molecule has 8 heteroatoms. The summed E-state index contributed by atoms with van der Waals surface area (Å²) in [5, 5.41) is 4.24. The summed E-state index contributed by atoms with van der Waals surface area (Å²) in [4.78, 5) is 31.9. The number of thiol groups is 1. The van der Waals surface area contributed by atoms with Crippen molar-refractivity contribution in [1.29, 1.82) is 0 Å². The van der Waals surface area contributed by atoms with Crippen LogP contribution in [0.5, 0.6) is 5.88 Å². The molecule has 5 rings (SSSR count). The van der Waals surface area contributed by atoms with Crippen molar-refractivity contribution in [2.75, 3.05) is 0 Å². The number of nitrogens with zero attached hydrogens (tertiary/aromatic N) is 2. The van der Waals surface area contributed by atoms with Crippen molar-refractivity contribution in [1.82, 2.24) is 9.29 Å². The molecule has 2 aromatic heterocycles. The molecule has 2 unspecified atom stereocenters. The first-order chi connectivity index (χ1) is 15.5. The molecule has 5 nitrogen and oxygen atoms in total. The third kappa shape index (κ3) is 3.52. The zero-order valence-electron chi connectivity index (χ0n) is 17.1. The van der Waals surface area contributed by atoms with Crippen LogP contribution in [0.1, 0.15) is 48.4 Å². The van der Waals surface area contributed by atoms with E-state index >= 15 is 0 Å². The largest absolute Gasteiger partial charge is 0.474 e. The van der Waals surface area contributed by atoms with E-state index in [0.29, 0.717) is 22.2 Å². The van der Waals surface area contributed by atoms with Gasteiger partial charge in [0.05, 0.1) is 5.69 Å². The van der Waals surface area contributed by atoms with Crippen LogP contribution in [0.3, 0.4) is 0 Å². The van der Waals surface area contributed by atoms with E-state index in [2.05, 4.69) is 12.8 Å². The monoisotopic (exact) mass is 484 g/mol. The highest BCUT2D eigenvalue weighted by molar-refractivity contribution is 7.78. The van der Waals surface area contributed by atoms with Crippen LogP contribution in [0.25, 0.3) is 0 Å². The molecule has 2 fully saturated rings. The maximum Gasteiger partial charge on any atom is 0.248 e. The summed E-state index contributed by atoms with van der Waals surface area (Å²) in [5.41, 5.74) is 0.720. The van der Waals surface area contributed by atoms with Gasteiger partial charge in [0, 0.05) is 17.5 Å². The minimum atomic E-state index is -1.13. The fraction of sp³-hybridized carbons (Fsp3) is 0.292. The number of hydrogen-bond donors (Lipinski definition) is 1. The number of halogens is 1. The van der Waals surface area contributed by atoms with Crippen molar-refractivity contribution in [3.8, 4) is 5.88 Å². The first-order valence-corrected chi connectivity index (χ1v) is 12.2. The predicted molar refractivity (Wildman–Crippen MR) is 127 cm³/mol. The number of piperidine rings is 1. The van der Waals surface area contributed by atoms with E-state index in [4.69, 9.17) is 21.3 Å². The fourth-order valence-corrected chi connectivity index (χ4v) is 5.71. The first-order valence-electron chi connectivity index (χ1n) is 10.5. The highest BCUT2D eigenvalue weighted by atomic mass is 35.5. The van der Waals surface area contributed by atoms with Crippen LogP contribution in [0.2, 0.25) is 5.02 Å². The zero-order chi connectivity index (χ0) is 22.3. The van der Waals surface area contributed by atoms with Crippen molar-refractivity contribution in [2.24, 2.45) is 0 Å². The molecule has 1 aliphatic carbocycles. The van der Waals surface area contributed by atoms with Crippen LogP contribution < -0.4 is 4.74 Å². The Hall–Kier alpha value is -2.35. The number of Topliss-reactive ketones (excluding diaryl/α,β-unsaturated/α-hetero) is 1. The quantitative estimate of drug-likeness (QED) is 0.389. The SMILES string of the molecule is O=C1CC(c2ccsc2)(c2cccc(OC3CCC3)n2)N(S)C(=O)C1c1ccccc1Cl. The van der Waals surface area contributed by atoms with Gasteiger partial charge in [0.15, 0.2) is 5.78 Å². The van der Waals surface area contributed by atoms with Crippen molar-refractivity contribution < 1.29 is 14.3 Å². The van der Waals surface area contributed by atoms with E-state index in [9.17, 15) is 9.59 Å². The third-order valence-electron chi connectivity index (χ3n) is 6.27. The van der Waals surface area contributed by atoms with Gasteiger partial charge in [-0.3, -0.25) is 13.9 Å². The molecular weight excluding hydrogens is 464 g/mol. The molecule has 3 aromatic rings. The van der Waals surface area contributed by atoms with Crippen LogP contribution in [0, 0.1) is 0 Å². The third-order valence-corrected chi connectivity index (χ3v) is 7.84. The molecule has 3 heterocycles. The van der Waals surface area contributed by atoms with Crippen LogP contribution in [0.15, 0.2) is 59.3 Å². The molecule has 0 spiro atoms. The van der Waals surface area contributed by atoms with Gasteiger partial charge in [-0.05, 0) is 59.3 Å². The van der Waals surface area contributed by atoms with E-state index in [1.54, 1.807) is 24.3 Å². The molecule has 0 bridgehead atoms. The Morgan fingerprint density at radius 1 is 1.12 bits per heavy atom. The molecule has 0 radical (unpaired) electrons. The average Bonchev–Trinajstić information content (AvgIpc) is 3.30.